The predicted octanol–water partition coefficient (Wildman–Crippen LogP) is 3.28. The van der Waals surface area contributed by atoms with Crippen LogP contribution in [0.5, 0.6) is 5.75 Å². The van der Waals surface area contributed by atoms with Gasteiger partial charge in [-0.3, -0.25) is 4.98 Å². The van der Waals surface area contributed by atoms with E-state index in [1.807, 2.05) is 13.8 Å². The van der Waals surface area contributed by atoms with Gasteiger partial charge in [0.25, 0.3) is 5.25 Å². The smallest absolute Gasteiger partial charge is 0.294 e. The van der Waals surface area contributed by atoms with Crippen molar-refractivity contribution in [3.05, 3.63) is 24.0 Å². The lowest BCUT2D eigenvalue weighted by Crippen LogP contribution is -2.42. The molecule has 0 spiro atoms. The lowest BCUT2D eigenvalue weighted by Gasteiger charge is -2.37. The molecule has 0 saturated heterocycles. The monoisotopic (exact) mass is 247 g/mol. The molecular formula is C10H11Cl2NO2. The van der Waals surface area contributed by atoms with Crippen molar-refractivity contribution in [1.82, 2.24) is 4.98 Å². The fourth-order valence-electron chi connectivity index (χ4n) is 1.30. The molecule has 2 atom stereocenters. The number of halogens is 2. The van der Waals surface area contributed by atoms with Crippen molar-refractivity contribution in [1.29, 1.82) is 0 Å². The average Bonchev–Trinajstić information content (AvgIpc) is 2.17. The molecule has 0 aromatic carbocycles. The zero-order valence-electron chi connectivity index (χ0n) is 8.41. The Bertz CT molecular complexity index is 372. The summed E-state index contributed by atoms with van der Waals surface area (Å²) in [4.78, 5) is 3.96. The Balaban J connectivity index is 2.38. The summed E-state index contributed by atoms with van der Waals surface area (Å²) < 4.78 is 11.0. The van der Waals surface area contributed by atoms with Crippen LogP contribution in [0.2, 0.25) is 0 Å². The van der Waals surface area contributed by atoms with Crippen molar-refractivity contribution in [3.8, 4) is 5.75 Å². The lowest BCUT2D eigenvalue weighted by molar-refractivity contribution is -0.175. The summed E-state index contributed by atoms with van der Waals surface area (Å²) in [5, 5.41) is -1.21. The molecule has 1 aromatic rings. The normalized spacial score (nSPS) is 29.8. The number of hydrogen-bond acceptors (Lipinski definition) is 3. The second-order valence-electron chi connectivity index (χ2n) is 3.69. The SMILES string of the molecule is CC(C)C1(Cl)Oc2cnccc2C(Cl)O1. The quantitative estimate of drug-likeness (QED) is 0.714. The summed E-state index contributed by atoms with van der Waals surface area (Å²) in [5.74, 6) is 0.557. The minimum Gasteiger partial charge on any atom is -0.446 e. The van der Waals surface area contributed by atoms with E-state index in [0.29, 0.717) is 5.75 Å². The van der Waals surface area contributed by atoms with Crippen molar-refractivity contribution in [2.45, 2.75) is 24.7 Å². The van der Waals surface area contributed by atoms with Gasteiger partial charge in [-0.15, -0.1) is 0 Å². The molecule has 0 saturated carbocycles. The first kappa shape index (κ1) is 11.0. The van der Waals surface area contributed by atoms with Crippen LogP contribution in [-0.2, 0) is 4.74 Å². The van der Waals surface area contributed by atoms with E-state index in [1.54, 1.807) is 18.5 Å². The fourth-order valence-corrected chi connectivity index (χ4v) is 1.83. The molecular weight excluding hydrogens is 237 g/mol. The number of fused-ring (bicyclic) bond motifs is 1. The Labute approximate surface area is 98.3 Å². The molecule has 15 heavy (non-hydrogen) atoms. The largest absolute Gasteiger partial charge is 0.446 e. The molecule has 5 heteroatoms. The second-order valence-corrected chi connectivity index (χ2v) is 4.61. The van der Waals surface area contributed by atoms with Crippen LogP contribution in [0.15, 0.2) is 18.5 Å². The third-order valence-electron chi connectivity index (χ3n) is 2.26. The van der Waals surface area contributed by atoms with Crippen molar-refractivity contribution in [2.24, 2.45) is 5.92 Å². The standard InChI is InChI=1S/C10H11Cl2NO2/c1-6(2)10(12)14-8-5-13-4-3-7(8)9(11)15-10/h3-6,9H,1-2H3. The van der Waals surface area contributed by atoms with Gasteiger partial charge in [-0.05, 0) is 17.7 Å². The summed E-state index contributed by atoms with van der Waals surface area (Å²) in [6.45, 7) is 3.80. The molecule has 1 aromatic heterocycles. The average molecular weight is 248 g/mol. The highest BCUT2D eigenvalue weighted by Crippen LogP contribution is 2.44. The number of ether oxygens (including phenoxy) is 2. The maximum Gasteiger partial charge on any atom is 0.294 e. The molecule has 0 bridgehead atoms. The number of nitrogens with zero attached hydrogens (tertiary/aromatic N) is 1. The van der Waals surface area contributed by atoms with E-state index in [4.69, 9.17) is 32.7 Å². The zero-order chi connectivity index (χ0) is 11.1. The van der Waals surface area contributed by atoms with E-state index in [-0.39, 0.29) is 5.92 Å². The molecule has 0 aliphatic carbocycles. The van der Waals surface area contributed by atoms with Gasteiger partial charge in [-0.25, -0.2) is 0 Å². The van der Waals surface area contributed by atoms with E-state index >= 15 is 0 Å². The van der Waals surface area contributed by atoms with Gasteiger partial charge in [-0.2, -0.15) is 0 Å². The van der Waals surface area contributed by atoms with Crippen LogP contribution in [0.25, 0.3) is 0 Å². The molecule has 0 fully saturated rings. The number of aromatic nitrogens is 1. The first-order valence-corrected chi connectivity index (χ1v) is 5.48. The topological polar surface area (TPSA) is 31.4 Å². The van der Waals surface area contributed by atoms with Crippen LogP contribution < -0.4 is 4.74 Å². The van der Waals surface area contributed by atoms with Crippen LogP contribution in [0, 0.1) is 5.92 Å². The Hall–Kier alpha value is -0.510. The molecule has 2 unspecified atom stereocenters. The fraction of sp³-hybridized carbons (Fsp3) is 0.500. The minimum absolute atomic E-state index is 0.0197. The van der Waals surface area contributed by atoms with Crippen LogP contribution in [0.1, 0.15) is 25.0 Å². The Morgan fingerprint density at radius 1 is 1.53 bits per heavy atom. The lowest BCUT2D eigenvalue weighted by atomic mass is 10.1. The van der Waals surface area contributed by atoms with Crippen LogP contribution in [0.3, 0.4) is 0 Å². The molecule has 0 amide bonds. The summed E-state index contributed by atoms with van der Waals surface area (Å²) in [6.07, 6.45) is 3.23. The summed E-state index contributed by atoms with van der Waals surface area (Å²) in [7, 11) is 0. The molecule has 0 N–H and O–H groups in total. The Morgan fingerprint density at radius 2 is 2.27 bits per heavy atom. The van der Waals surface area contributed by atoms with Gasteiger partial charge in [-0.1, -0.05) is 25.4 Å². The highest BCUT2D eigenvalue weighted by molar-refractivity contribution is 6.24. The van der Waals surface area contributed by atoms with Crippen molar-refractivity contribution < 1.29 is 9.47 Å². The van der Waals surface area contributed by atoms with Crippen molar-refractivity contribution in [2.75, 3.05) is 0 Å². The van der Waals surface area contributed by atoms with Gasteiger partial charge in [0.15, 0.2) is 5.56 Å². The van der Waals surface area contributed by atoms with Gasteiger partial charge in [0.2, 0.25) is 0 Å². The van der Waals surface area contributed by atoms with Crippen molar-refractivity contribution in [3.63, 3.8) is 0 Å². The van der Waals surface area contributed by atoms with Crippen LogP contribution >= 0.6 is 23.2 Å². The van der Waals surface area contributed by atoms with Gasteiger partial charge in [0, 0.05) is 17.7 Å². The van der Waals surface area contributed by atoms with Gasteiger partial charge < -0.3 is 9.47 Å². The minimum atomic E-state index is -1.21. The maximum absolute atomic E-state index is 6.18. The van der Waals surface area contributed by atoms with Crippen molar-refractivity contribution >= 4 is 23.2 Å². The molecule has 0 radical (unpaired) electrons. The van der Waals surface area contributed by atoms with E-state index < -0.39 is 10.8 Å². The third kappa shape index (κ3) is 1.92. The van der Waals surface area contributed by atoms with E-state index in [0.717, 1.165) is 5.56 Å². The molecule has 82 valence electrons. The van der Waals surface area contributed by atoms with Crippen LogP contribution in [-0.4, -0.2) is 10.2 Å². The van der Waals surface area contributed by atoms with E-state index in [2.05, 4.69) is 4.98 Å². The van der Waals surface area contributed by atoms with E-state index in [1.165, 1.54) is 0 Å². The number of alkyl halides is 2. The van der Waals surface area contributed by atoms with Gasteiger partial charge in [0.05, 0.1) is 6.20 Å². The Morgan fingerprint density at radius 3 is 2.93 bits per heavy atom. The Kier molecular flexibility index (Phi) is 2.79. The predicted molar refractivity (Wildman–Crippen MR) is 58.0 cm³/mol. The third-order valence-corrected chi connectivity index (χ3v) is 3.19. The number of pyridine rings is 1. The zero-order valence-corrected chi connectivity index (χ0v) is 9.92. The molecule has 3 nitrogen and oxygen atoms in total. The molecule has 2 rings (SSSR count). The first-order valence-electron chi connectivity index (χ1n) is 4.66. The summed E-state index contributed by atoms with van der Waals surface area (Å²) in [6, 6.07) is 1.75. The maximum atomic E-state index is 6.18. The molecule has 1 aliphatic heterocycles. The summed E-state index contributed by atoms with van der Waals surface area (Å²) in [5.41, 5.74) is 0.153. The first-order chi connectivity index (χ1) is 7.03. The molecule has 1 aliphatic rings. The van der Waals surface area contributed by atoms with Gasteiger partial charge in [0.1, 0.15) is 5.75 Å². The number of hydrogen-bond donors (Lipinski definition) is 0. The summed E-state index contributed by atoms with van der Waals surface area (Å²) >= 11 is 12.2. The highest BCUT2D eigenvalue weighted by Gasteiger charge is 2.42. The number of rotatable bonds is 1. The second kappa shape index (κ2) is 3.81. The molecule has 2 heterocycles. The van der Waals surface area contributed by atoms with Crippen LogP contribution in [0.4, 0.5) is 0 Å². The van der Waals surface area contributed by atoms with E-state index in [9.17, 15) is 0 Å². The highest BCUT2D eigenvalue weighted by atomic mass is 35.5. The van der Waals surface area contributed by atoms with Gasteiger partial charge >= 0.3 is 0 Å².